The first-order chi connectivity index (χ1) is 8.13. The quantitative estimate of drug-likeness (QED) is 0.519. The molecular weight excluding hydrogens is 258 g/mol. The lowest BCUT2D eigenvalue weighted by Crippen LogP contribution is -2.10. The molecule has 0 unspecified atom stereocenters. The summed E-state index contributed by atoms with van der Waals surface area (Å²) >= 11 is 10.1. The Labute approximate surface area is 111 Å². The number of esters is 1. The van der Waals surface area contributed by atoms with Gasteiger partial charge in [0.05, 0.1) is 24.7 Å². The molecule has 0 aliphatic rings. The number of halogens is 1. The number of carbonyl (C=O) groups is 1. The topological polar surface area (TPSA) is 50.1 Å². The van der Waals surface area contributed by atoms with Crippen molar-refractivity contribution in [1.29, 1.82) is 5.26 Å². The van der Waals surface area contributed by atoms with E-state index in [4.69, 9.17) is 21.6 Å². The van der Waals surface area contributed by atoms with E-state index in [-0.39, 0.29) is 12.4 Å². The summed E-state index contributed by atoms with van der Waals surface area (Å²) in [6.07, 6.45) is 0.0420. The van der Waals surface area contributed by atoms with Crippen molar-refractivity contribution in [2.75, 3.05) is 6.61 Å². The molecule has 5 heteroatoms. The molecule has 0 N–H and O–H groups in total. The Morgan fingerprint density at radius 2 is 2.29 bits per heavy atom. The lowest BCUT2D eigenvalue weighted by Gasteiger charge is -2.10. The molecule has 0 aliphatic carbocycles. The van der Waals surface area contributed by atoms with Crippen molar-refractivity contribution in [3.63, 3.8) is 0 Å². The van der Waals surface area contributed by atoms with Crippen LogP contribution in [0.1, 0.15) is 23.6 Å². The van der Waals surface area contributed by atoms with Crippen LogP contribution in [0.25, 0.3) is 0 Å². The molecule has 0 bridgehead atoms. The zero-order valence-electron chi connectivity index (χ0n) is 9.36. The smallest absolute Gasteiger partial charge is 0.310 e. The molecule has 0 spiro atoms. The van der Waals surface area contributed by atoms with Gasteiger partial charge in [-0.2, -0.15) is 5.26 Å². The molecule has 0 heterocycles. The second kappa shape index (κ2) is 6.53. The molecule has 1 aromatic carbocycles. The van der Waals surface area contributed by atoms with Gasteiger partial charge >= 0.3 is 5.97 Å². The van der Waals surface area contributed by atoms with E-state index < -0.39 is 0 Å². The highest BCUT2D eigenvalue weighted by Gasteiger charge is 2.14. The highest BCUT2D eigenvalue weighted by atomic mass is 35.5. The van der Waals surface area contributed by atoms with Gasteiger partial charge in [0.25, 0.3) is 0 Å². The summed E-state index contributed by atoms with van der Waals surface area (Å²) in [5.41, 5.74) is 1.80. The third-order valence-electron chi connectivity index (χ3n) is 2.26. The van der Waals surface area contributed by atoms with Crippen molar-refractivity contribution in [3.8, 4) is 6.07 Å². The Kier molecular flexibility index (Phi) is 5.33. The molecule has 90 valence electrons. The summed E-state index contributed by atoms with van der Waals surface area (Å²) in [5, 5.41) is 8.98. The van der Waals surface area contributed by atoms with Crippen molar-refractivity contribution >= 4 is 30.2 Å². The highest BCUT2D eigenvalue weighted by molar-refractivity contribution is 7.80. The first kappa shape index (κ1) is 13.9. The van der Waals surface area contributed by atoms with Crippen molar-refractivity contribution in [2.24, 2.45) is 0 Å². The van der Waals surface area contributed by atoms with Gasteiger partial charge < -0.3 is 4.74 Å². The summed E-state index contributed by atoms with van der Waals surface area (Å²) in [5.74, 6) is -0.0774. The van der Waals surface area contributed by atoms with E-state index in [2.05, 4.69) is 12.6 Å². The minimum atomic E-state index is -0.369. The molecule has 1 rings (SSSR count). The number of nitriles is 1. The molecule has 0 aliphatic heterocycles. The normalized spacial score (nSPS) is 9.76. The van der Waals surface area contributed by atoms with Crippen LogP contribution in [-0.4, -0.2) is 12.6 Å². The van der Waals surface area contributed by atoms with E-state index in [0.29, 0.717) is 28.5 Å². The van der Waals surface area contributed by atoms with Crippen LogP contribution in [0.3, 0.4) is 0 Å². The fourth-order valence-electron chi connectivity index (χ4n) is 1.43. The van der Waals surface area contributed by atoms with Crippen LogP contribution in [0.15, 0.2) is 17.0 Å². The van der Waals surface area contributed by atoms with Crippen molar-refractivity contribution < 1.29 is 9.53 Å². The zero-order valence-corrected chi connectivity index (χ0v) is 11.0. The van der Waals surface area contributed by atoms with E-state index >= 15 is 0 Å². The second-order valence-corrected chi connectivity index (χ2v) is 4.04. The monoisotopic (exact) mass is 269 g/mol. The summed E-state index contributed by atoms with van der Waals surface area (Å²) in [6, 6.07) is 5.42. The predicted molar refractivity (Wildman–Crippen MR) is 68.3 cm³/mol. The summed E-state index contributed by atoms with van der Waals surface area (Å²) in [7, 11) is 0. The number of thiol groups is 1. The number of hydrogen-bond donors (Lipinski definition) is 1. The SMILES string of the molecule is CCOC(=O)Cc1c(C#N)ccc(CCl)c1S. The van der Waals surface area contributed by atoms with E-state index in [9.17, 15) is 4.79 Å². The molecule has 0 saturated carbocycles. The van der Waals surface area contributed by atoms with Crippen molar-refractivity contribution in [1.82, 2.24) is 0 Å². The molecule has 0 fully saturated rings. The number of nitrogens with zero attached hydrogens (tertiary/aromatic N) is 1. The predicted octanol–water partition coefficient (Wildman–Crippen LogP) is 2.69. The lowest BCUT2D eigenvalue weighted by atomic mass is 10.0. The summed E-state index contributed by atoms with van der Waals surface area (Å²) in [6.45, 7) is 2.05. The van der Waals surface area contributed by atoms with Gasteiger partial charge in [0.1, 0.15) is 0 Å². The van der Waals surface area contributed by atoms with Crippen LogP contribution in [0.5, 0.6) is 0 Å². The maximum atomic E-state index is 11.4. The highest BCUT2D eigenvalue weighted by Crippen LogP contribution is 2.25. The average molecular weight is 270 g/mol. The maximum Gasteiger partial charge on any atom is 0.310 e. The molecule has 3 nitrogen and oxygen atoms in total. The van der Waals surface area contributed by atoms with Crippen LogP contribution in [-0.2, 0) is 21.8 Å². The standard InChI is InChI=1S/C12H12ClNO2S/c1-2-16-11(15)5-10-9(7-14)4-3-8(6-13)12(10)17/h3-4,17H,2,5-6H2,1H3. The van der Waals surface area contributed by atoms with Gasteiger partial charge in [-0.15, -0.1) is 24.2 Å². The van der Waals surface area contributed by atoms with Crippen LogP contribution >= 0.6 is 24.2 Å². The molecule has 0 atom stereocenters. The fraction of sp³-hybridized carbons (Fsp3) is 0.333. The second-order valence-electron chi connectivity index (χ2n) is 3.33. The van der Waals surface area contributed by atoms with E-state index in [0.717, 1.165) is 5.56 Å². The van der Waals surface area contributed by atoms with Crippen molar-refractivity contribution in [2.45, 2.75) is 24.1 Å². The number of ether oxygens (including phenoxy) is 1. The summed E-state index contributed by atoms with van der Waals surface area (Å²) in [4.78, 5) is 12.0. The Balaban J connectivity index is 3.11. The van der Waals surface area contributed by atoms with Gasteiger partial charge in [-0.25, -0.2) is 0 Å². The number of benzene rings is 1. The van der Waals surface area contributed by atoms with Gasteiger partial charge in [-0.3, -0.25) is 4.79 Å². The molecule has 17 heavy (non-hydrogen) atoms. The molecular formula is C12H12ClNO2S. The number of carbonyl (C=O) groups excluding carboxylic acids is 1. The minimum Gasteiger partial charge on any atom is -0.466 e. The molecule has 1 aromatic rings. The lowest BCUT2D eigenvalue weighted by molar-refractivity contribution is -0.142. The van der Waals surface area contributed by atoms with Gasteiger partial charge in [0.2, 0.25) is 0 Å². The minimum absolute atomic E-state index is 0.0420. The largest absolute Gasteiger partial charge is 0.466 e. The number of hydrogen-bond acceptors (Lipinski definition) is 4. The third-order valence-corrected chi connectivity index (χ3v) is 3.10. The van der Waals surface area contributed by atoms with E-state index in [1.807, 2.05) is 6.07 Å². The van der Waals surface area contributed by atoms with Gasteiger partial charge in [-0.05, 0) is 24.1 Å². The first-order valence-electron chi connectivity index (χ1n) is 5.09. The van der Waals surface area contributed by atoms with Crippen LogP contribution < -0.4 is 0 Å². The third kappa shape index (κ3) is 3.39. The van der Waals surface area contributed by atoms with Crippen LogP contribution in [0, 0.1) is 11.3 Å². The zero-order chi connectivity index (χ0) is 12.8. The first-order valence-corrected chi connectivity index (χ1v) is 6.07. The van der Waals surface area contributed by atoms with Crippen LogP contribution in [0.2, 0.25) is 0 Å². The molecule has 0 radical (unpaired) electrons. The number of rotatable bonds is 4. The van der Waals surface area contributed by atoms with Gasteiger partial charge in [0.15, 0.2) is 0 Å². The Morgan fingerprint density at radius 1 is 1.59 bits per heavy atom. The van der Waals surface area contributed by atoms with Gasteiger partial charge in [0, 0.05) is 10.8 Å². The Bertz CT molecular complexity index is 468. The van der Waals surface area contributed by atoms with Crippen molar-refractivity contribution in [3.05, 3.63) is 28.8 Å². The van der Waals surface area contributed by atoms with E-state index in [1.54, 1.807) is 19.1 Å². The maximum absolute atomic E-state index is 11.4. The molecule has 0 amide bonds. The number of alkyl halides is 1. The van der Waals surface area contributed by atoms with Crippen LogP contribution in [0.4, 0.5) is 0 Å². The van der Waals surface area contributed by atoms with E-state index in [1.165, 1.54) is 0 Å². The molecule has 0 aromatic heterocycles. The fourth-order valence-corrected chi connectivity index (χ4v) is 2.10. The molecule has 0 saturated heterocycles. The van der Waals surface area contributed by atoms with Gasteiger partial charge in [-0.1, -0.05) is 6.07 Å². The average Bonchev–Trinajstić information content (AvgIpc) is 2.32. The summed E-state index contributed by atoms with van der Waals surface area (Å²) < 4.78 is 4.86. The Morgan fingerprint density at radius 3 is 2.82 bits per heavy atom. The Hall–Kier alpha value is -1.18.